The molecule has 0 unspecified atom stereocenters. The normalized spacial score (nSPS) is 10.7. The Morgan fingerprint density at radius 1 is 1.20 bits per heavy atom. The van der Waals surface area contributed by atoms with Crippen LogP contribution in [-0.4, -0.2) is 15.1 Å². The number of nitrogens with two attached hydrogens (primary N) is 1. The van der Waals surface area contributed by atoms with Gasteiger partial charge in [-0.25, -0.2) is 0 Å². The van der Waals surface area contributed by atoms with Crippen molar-refractivity contribution >= 4 is 28.3 Å². The highest BCUT2D eigenvalue weighted by molar-refractivity contribution is 14.1. The monoisotopic (exact) mass is 378 g/mol. The molecule has 0 aliphatic carbocycles. The predicted molar refractivity (Wildman–Crippen MR) is 84.8 cm³/mol. The minimum Gasteiger partial charge on any atom is -0.398 e. The summed E-state index contributed by atoms with van der Waals surface area (Å²) in [6.07, 6.45) is 3.46. The van der Waals surface area contributed by atoms with E-state index in [0.717, 1.165) is 20.3 Å². The number of nitrogen functional groups attached to an aromatic ring is 1. The molecule has 0 radical (unpaired) electrons. The van der Waals surface area contributed by atoms with Gasteiger partial charge in [0.15, 0.2) is 0 Å². The molecule has 3 aromatic rings. The third kappa shape index (κ3) is 2.38. The Morgan fingerprint density at radius 3 is 2.85 bits per heavy atom. The van der Waals surface area contributed by atoms with Crippen LogP contribution < -0.4 is 5.73 Å². The molecule has 3 rings (SSSR count). The minimum atomic E-state index is 0.416. The zero-order valence-corrected chi connectivity index (χ0v) is 12.8. The van der Waals surface area contributed by atoms with E-state index in [1.807, 2.05) is 31.2 Å². The number of benzene rings is 1. The van der Waals surface area contributed by atoms with Crippen LogP contribution in [0.15, 0.2) is 41.2 Å². The highest BCUT2D eigenvalue weighted by Gasteiger charge is 2.14. The van der Waals surface area contributed by atoms with Gasteiger partial charge in [-0.2, -0.15) is 4.98 Å². The van der Waals surface area contributed by atoms with Crippen LogP contribution in [-0.2, 0) is 0 Å². The molecule has 6 heteroatoms. The molecule has 2 N–H and O–H groups in total. The maximum absolute atomic E-state index is 5.96. The second-order valence-electron chi connectivity index (χ2n) is 4.35. The van der Waals surface area contributed by atoms with Crippen LogP contribution in [0.3, 0.4) is 0 Å². The van der Waals surface area contributed by atoms with E-state index in [2.05, 4.69) is 37.7 Å². The zero-order valence-electron chi connectivity index (χ0n) is 10.7. The third-order valence-corrected chi connectivity index (χ3v) is 3.62. The standard InChI is InChI=1S/C14H11IN4O/c1-8-4-5-17-7-11(8)13-18-14(20-19-13)10-6-9(15)2-3-12(10)16/h2-7H,16H2,1H3. The first-order valence-electron chi connectivity index (χ1n) is 5.95. The van der Waals surface area contributed by atoms with Crippen molar-refractivity contribution in [2.24, 2.45) is 0 Å². The molecule has 2 aromatic heterocycles. The summed E-state index contributed by atoms with van der Waals surface area (Å²) in [5.41, 5.74) is 9.22. The first kappa shape index (κ1) is 13.0. The molecule has 0 saturated heterocycles. The summed E-state index contributed by atoms with van der Waals surface area (Å²) < 4.78 is 6.38. The molecule has 0 saturated carbocycles. The van der Waals surface area contributed by atoms with Crippen LogP contribution >= 0.6 is 22.6 Å². The SMILES string of the molecule is Cc1ccncc1-c1noc(-c2cc(I)ccc2N)n1. The fourth-order valence-electron chi connectivity index (χ4n) is 1.85. The Labute approximate surface area is 129 Å². The number of nitrogens with zero attached hydrogens (tertiary/aromatic N) is 3. The Hall–Kier alpha value is -1.96. The number of aromatic nitrogens is 3. The summed E-state index contributed by atoms with van der Waals surface area (Å²) in [7, 11) is 0. The number of rotatable bonds is 2. The molecule has 0 amide bonds. The molecule has 5 nitrogen and oxygen atoms in total. The first-order valence-corrected chi connectivity index (χ1v) is 7.03. The van der Waals surface area contributed by atoms with Gasteiger partial charge in [0, 0.05) is 27.2 Å². The Balaban J connectivity index is 2.07. The summed E-state index contributed by atoms with van der Waals surface area (Å²) in [4.78, 5) is 8.50. The van der Waals surface area contributed by atoms with Crippen LogP contribution in [0.1, 0.15) is 5.56 Å². The van der Waals surface area contributed by atoms with Gasteiger partial charge in [0.2, 0.25) is 5.82 Å². The highest BCUT2D eigenvalue weighted by Crippen LogP contribution is 2.28. The van der Waals surface area contributed by atoms with Crippen LogP contribution in [0.5, 0.6) is 0 Å². The van der Waals surface area contributed by atoms with E-state index in [1.54, 1.807) is 12.4 Å². The number of hydrogen-bond acceptors (Lipinski definition) is 5. The second kappa shape index (κ2) is 5.20. The Morgan fingerprint density at radius 2 is 2.05 bits per heavy atom. The molecule has 100 valence electrons. The summed E-state index contributed by atoms with van der Waals surface area (Å²) in [5.74, 6) is 0.933. The molecular formula is C14H11IN4O. The number of anilines is 1. The largest absolute Gasteiger partial charge is 0.398 e. The van der Waals surface area contributed by atoms with E-state index in [9.17, 15) is 0 Å². The molecule has 0 atom stereocenters. The molecule has 0 aliphatic heterocycles. The lowest BCUT2D eigenvalue weighted by Gasteiger charge is -2.00. The van der Waals surface area contributed by atoms with Crippen molar-refractivity contribution in [1.29, 1.82) is 0 Å². The van der Waals surface area contributed by atoms with E-state index in [1.165, 1.54) is 0 Å². The first-order chi connectivity index (χ1) is 9.65. The summed E-state index contributed by atoms with van der Waals surface area (Å²) in [5, 5.41) is 4.01. The quantitative estimate of drug-likeness (QED) is 0.547. The van der Waals surface area contributed by atoms with Gasteiger partial charge in [-0.05, 0) is 59.3 Å². The van der Waals surface area contributed by atoms with E-state index in [0.29, 0.717) is 17.4 Å². The lowest BCUT2D eigenvalue weighted by atomic mass is 10.1. The number of halogens is 1. The maximum atomic E-state index is 5.96. The lowest BCUT2D eigenvalue weighted by molar-refractivity contribution is 0.432. The van der Waals surface area contributed by atoms with Gasteiger partial charge in [-0.1, -0.05) is 5.16 Å². The number of hydrogen-bond donors (Lipinski definition) is 1. The molecule has 20 heavy (non-hydrogen) atoms. The van der Waals surface area contributed by atoms with Crippen LogP contribution in [0.25, 0.3) is 22.8 Å². The fourth-order valence-corrected chi connectivity index (χ4v) is 2.35. The van der Waals surface area contributed by atoms with Crippen molar-refractivity contribution in [1.82, 2.24) is 15.1 Å². The van der Waals surface area contributed by atoms with Crippen LogP contribution in [0.4, 0.5) is 5.69 Å². The Bertz CT molecular complexity index is 769. The molecule has 2 heterocycles. The fraction of sp³-hybridized carbons (Fsp3) is 0.0714. The molecular weight excluding hydrogens is 367 g/mol. The molecule has 0 aliphatic rings. The lowest BCUT2D eigenvalue weighted by Crippen LogP contribution is -1.91. The topological polar surface area (TPSA) is 77.8 Å². The third-order valence-electron chi connectivity index (χ3n) is 2.95. The number of aryl methyl sites for hydroxylation is 1. The average Bonchev–Trinajstić information content (AvgIpc) is 2.91. The van der Waals surface area contributed by atoms with Gasteiger partial charge in [0.1, 0.15) is 0 Å². The van der Waals surface area contributed by atoms with E-state index in [-0.39, 0.29) is 0 Å². The van der Waals surface area contributed by atoms with Crippen molar-refractivity contribution in [2.45, 2.75) is 6.92 Å². The van der Waals surface area contributed by atoms with Crippen LogP contribution in [0.2, 0.25) is 0 Å². The average molecular weight is 378 g/mol. The van der Waals surface area contributed by atoms with Crippen LogP contribution in [0, 0.1) is 10.5 Å². The van der Waals surface area contributed by atoms with Crippen molar-refractivity contribution < 1.29 is 4.52 Å². The molecule has 0 fully saturated rings. The van der Waals surface area contributed by atoms with Gasteiger partial charge in [0.25, 0.3) is 5.89 Å². The van der Waals surface area contributed by atoms with Crippen molar-refractivity contribution in [3.63, 3.8) is 0 Å². The Kier molecular flexibility index (Phi) is 3.39. The minimum absolute atomic E-state index is 0.416. The summed E-state index contributed by atoms with van der Waals surface area (Å²) in [6, 6.07) is 7.59. The number of pyridine rings is 1. The molecule has 0 spiro atoms. The summed E-state index contributed by atoms with van der Waals surface area (Å²) >= 11 is 2.22. The van der Waals surface area contributed by atoms with Crippen molar-refractivity contribution in [3.05, 3.63) is 45.8 Å². The van der Waals surface area contributed by atoms with Gasteiger partial charge >= 0.3 is 0 Å². The highest BCUT2D eigenvalue weighted by atomic mass is 127. The predicted octanol–water partition coefficient (Wildman–Crippen LogP) is 3.29. The van der Waals surface area contributed by atoms with Gasteiger partial charge in [0.05, 0.1) is 5.56 Å². The summed E-state index contributed by atoms with van der Waals surface area (Å²) in [6.45, 7) is 1.98. The van der Waals surface area contributed by atoms with Gasteiger partial charge < -0.3 is 10.3 Å². The zero-order chi connectivity index (χ0) is 14.1. The van der Waals surface area contributed by atoms with Crippen molar-refractivity contribution in [3.8, 4) is 22.8 Å². The van der Waals surface area contributed by atoms with E-state index in [4.69, 9.17) is 10.3 Å². The van der Waals surface area contributed by atoms with Crippen molar-refractivity contribution in [2.75, 3.05) is 5.73 Å². The van der Waals surface area contributed by atoms with E-state index < -0.39 is 0 Å². The second-order valence-corrected chi connectivity index (χ2v) is 5.59. The van der Waals surface area contributed by atoms with Gasteiger partial charge in [-0.3, -0.25) is 4.98 Å². The van der Waals surface area contributed by atoms with E-state index >= 15 is 0 Å². The van der Waals surface area contributed by atoms with Gasteiger partial charge in [-0.15, -0.1) is 0 Å². The molecule has 1 aromatic carbocycles. The maximum Gasteiger partial charge on any atom is 0.260 e. The molecule has 0 bridgehead atoms. The smallest absolute Gasteiger partial charge is 0.260 e.